The molecule has 0 bridgehead atoms. The molecule has 6 nitrogen and oxygen atoms in total. The van der Waals surface area contributed by atoms with Crippen LogP contribution in [0.5, 0.6) is 0 Å². The van der Waals surface area contributed by atoms with Crippen LogP contribution in [0.4, 0.5) is 0 Å². The van der Waals surface area contributed by atoms with Crippen LogP contribution in [0, 0.1) is 0 Å². The van der Waals surface area contributed by atoms with Crippen LogP contribution in [0.3, 0.4) is 0 Å². The Morgan fingerprint density at radius 2 is 2.00 bits per heavy atom. The number of aliphatic imine (C=N–C) groups is 1. The van der Waals surface area contributed by atoms with Crippen molar-refractivity contribution in [3.05, 3.63) is 53.3 Å². The van der Waals surface area contributed by atoms with E-state index in [9.17, 15) is 4.21 Å². The molecule has 2 unspecified atom stereocenters. The number of halogens is 1. The van der Waals surface area contributed by atoms with Gasteiger partial charge in [0.25, 0.3) is 0 Å². The van der Waals surface area contributed by atoms with Crippen molar-refractivity contribution in [2.45, 2.75) is 31.6 Å². The minimum absolute atomic E-state index is 0.000441. The molecule has 2 N–H and O–H groups in total. The van der Waals surface area contributed by atoms with Crippen molar-refractivity contribution >= 4 is 28.4 Å². The highest BCUT2D eigenvalue weighted by Crippen LogP contribution is 2.19. The first-order chi connectivity index (χ1) is 12.8. The molecule has 0 spiro atoms. The summed E-state index contributed by atoms with van der Waals surface area (Å²) >= 11 is 6.01. The number of nitrogens with one attached hydrogen (secondary N) is 2. The Bertz CT molecular complexity index is 753. The van der Waals surface area contributed by atoms with E-state index < -0.39 is 10.8 Å². The summed E-state index contributed by atoms with van der Waals surface area (Å²) in [6.07, 6.45) is 3.70. The lowest BCUT2D eigenvalue weighted by atomic mass is 10.1. The van der Waals surface area contributed by atoms with Crippen molar-refractivity contribution in [3.8, 4) is 0 Å². The molecule has 27 heavy (non-hydrogen) atoms. The van der Waals surface area contributed by atoms with E-state index in [0.29, 0.717) is 29.8 Å². The van der Waals surface area contributed by atoms with Gasteiger partial charge in [0.15, 0.2) is 5.96 Å². The van der Waals surface area contributed by atoms with Gasteiger partial charge < -0.3 is 10.6 Å². The fourth-order valence-corrected chi connectivity index (χ4v) is 3.52. The highest BCUT2D eigenvalue weighted by molar-refractivity contribution is 7.86. The van der Waals surface area contributed by atoms with E-state index in [1.807, 2.05) is 62.0 Å². The molecule has 0 aliphatic carbocycles. The van der Waals surface area contributed by atoms with Crippen molar-refractivity contribution in [2.75, 3.05) is 25.9 Å². The summed E-state index contributed by atoms with van der Waals surface area (Å²) in [6.45, 7) is 7.15. The van der Waals surface area contributed by atoms with Gasteiger partial charge in [-0.2, -0.15) is 5.10 Å². The normalized spacial score (nSPS) is 14.6. The number of guanidine groups is 1. The van der Waals surface area contributed by atoms with Crippen LogP contribution in [0.25, 0.3) is 0 Å². The lowest BCUT2D eigenvalue weighted by Gasteiger charge is -2.21. The van der Waals surface area contributed by atoms with E-state index in [-0.39, 0.29) is 10.8 Å². The summed E-state index contributed by atoms with van der Waals surface area (Å²) in [6, 6.07) is 9.65. The van der Waals surface area contributed by atoms with Gasteiger partial charge >= 0.3 is 0 Å². The van der Waals surface area contributed by atoms with Crippen molar-refractivity contribution in [1.29, 1.82) is 0 Å². The fraction of sp³-hybridized carbons (Fsp3) is 0.474. The van der Waals surface area contributed by atoms with E-state index in [1.54, 1.807) is 13.2 Å². The average molecular weight is 410 g/mol. The van der Waals surface area contributed by atoms with Gasteiger partial charge in [-0.25, -0.2) is 0 Å². The molecule has 0 aliphatic heterocycles. The predicted octanol–water partition coefficient (Wildman–Crippen LogP) is 2.84. The molecule has 2 aromatic rings. The topological polar surface area (TPSA) is 71.3 Å². The minimum atomic E-state index is -0.897. The highest BCUT2D eigenvalue weighted by Gasteiger charge is 2.19. The van der Waals surface area contributed by atoms with E-state index in [4.69, 9.17) is 11.6 Å². The molecule has 0 saturated carbocycles. The van der Waals surface area contributed by atoms with Crippen molar-refractivity contribution < 1.29 is 4.21 Å². The minimum Gasteiger partial charge on any atom is -0.355 e. The summed E-state index contributed by atoms with van der Waals surface area (Å²) in [7, 11) is 0.827. The molecule has 2 atom stereocenters. The van der Waals surface area contributed by atoms with Crippen LogP contribution >= 0.6 is 11.6 Å². The molecule has 0 amide bonds. The zero-order valence-corrected chi connectivity index (χ0v) is 17.8. The monoisotopic (exact) mass is 409 g/mol. The quantitative estimate of drug-likeness (QED) is 0.545. The smallest absolute Gasteiger partial charge is 0.191 e. The Morgan fingerprint density at radius 1 is 1.30 bits per heavy atom. The Morgan fingerprint density at radius 3 is 2.56 bits per heavy atom. The van der Waals surface area contributed by atoms with Gasteiger partial charge in [-0.3, -0.25) is 13.9 Å². The maximum atomic E-state index is 12.2. The first kappa shape index (κ1) is 21.4. The molecule has 0 saturated heterocycles. The summed E-state index contributed by atoms with van der Waals surface area (Å²) in [4.78, 5) is 4.25. The van der Waals surface area contributed by atoms with Gasteiger partial charge in [0.05, 0.1) is 6.04 Å². The predicted molar refractivity (Wildman–Crippen MR) is 114 cm³/mol. The molecule has 1 aromatic carbocycles. The van der Waals surface area contributed by atoms with E-state index in [0.717, 1.165) is 5.56 Å². The molecule has 8 heteroatoms. The molecule has 1 heterocycles. The summed E-state index contributed by atoms with van der Waals surface area (Å²) in [5.41, 5.74) is 1.10. The van der Waals surface area contributed by atoms with Crippen LogP contribution in [-0.4, -0.2) is 50.6 Å². The largest absolute Gasteiger partial charge is 0.355 e. The molecule has 0 fully saturated rings. The van der Waals surface area contributed by atoms with Gasteiger partial charge in [-0.15, -0.1) is 0 Å². The average Bonchev–Trinajstić information content (AvgIpc) is 3.15. The zero-order valence-electron chi connectivity index (χ0n) is 16.3. The summed E-state index contributed by atoms with van der Waals surface area (Å²) in [5, 5.41) is 11.6. The van der Waals surface area contributed by atoms with Crippen molar-refractivity contribution in [2.24, 2.45) is 4.99 Å². The number of aromatic nitrogens is 2. The second-order valence-corrected chi connectivity index (χ2v) is 9.86. The molecule has 0 radical (unpaired) electrons. The zero-order chi connectivity index (χ0) is 19.9. The van der Waals surface area contributed by atoms with Gasteiger partial charge in [-0.1, -0.05) is 23.7 Å². The first-order valence-corrected chi connectivity index (χ1v) is 10.6. The van der Waals surface area contributed by atoms with Crippen molar-refractivity contribution in [1.82, 2.24) is 20.4 Å². The van der Waals surface area contributed by atoms with E-state index in [1.165, 1.54) is 0 Å². The fourth-order valence-electron chi connectivity index (χ4n) is 2.50. The molecular weight excluding hydrogens is 382 g/mol. The third kappa shape index (κ3) is 6.66. The second kappa shape index (κ2) is 9.90. The van der Waals surface area contributed by atoms with Crippen LogP contribution < -0.4 is 10.6 Å². The maximum absolute atomic E-state index is 12.2. The Labute approximate surface area is 168 Å². The van der Waals surface area contributed by atoms with Gasteiger partial charge in [-0.05, 0) is 44.5 Å². The Kier molecular flexibility index (Phi) is 7.86. The lowest BCUT2D eigenvalue weighted by Crippen LogP contribution is -2.42. The molecule has 1 aromatic heterocycles. The van der Waals surface area contributed by atoms with Crippen LogP contribution in [-0.2, 0) is 10.8 Å². The van der Waals surface area contributed by atoms with Crippen LogP contribution in [0.2, 0.25) is 5.02 Å². The Hall–Kier alpha value is -1.86. The maximum Gasteiger partial charge on any atom is 0.191 e. The summed E-state index contributed by atoms with van der Waals surface area (Å²) < 4.78 is 13.8. The number of hydrogen-bond acceptors (Lipinski definition) is 3. The van der Waals surface area contributed by atoms with Gasteiger partial charge in [0, 0.05) is 58.9 Å². The highest BCUT2D eigenvalue weighted by atomic mass is 35.5. The molecular formula is C19H28ClN5OS. The standard InChI is InChI=1S/C19H28ClN5OS/c1-19(2,3)27(26)13-11-22-18(21-4)23-14-17(25-12-5-10-24-25)15-6-8-16(20)9-7-15/h5-10,12,17H,11,13-14H2,1-4H3,(H2,21,22,23). The third-order valence-electron chi connectivity index (χ3n) is 4.05. The molecule has 148 valence electrons. The number of benzene rings is 1. The van der Waals surface area contributed by atoms with Crippen LogP contribution in [0.15, 0.2) is 47.7 Å². The Balaban J connectivity index is 1.97. The summed E-state index contributed by atoms with van der Waals surface area (Å²) in [5.74, 6) is 1.25. The SMILES string of the molecule is CN=C(NCCS(=O)C(C)(C)C)NCC(c1ccc(Cl)cc1)n1cccn1. The number of nitrogens with zero attached hydrogens (tertiary/aromatic N) is 3. The van der Waals surface area contributed by atoms with Crippen molar-refractivity contribution in [3.63, 3.8) is 0 Å². The van der Waals surface area contributed by atoms with E-state index >= 15 is 0 Å². The molecule has 2 rings (SSSR count). The van der Waals surface area contributed by atoms with E-state index in [2.05, 4.69) is 20.7 Å². The van der Waals surface area contributed by atoms with Crippen LogP contribution in [0.1, 0.15) is 32.4 Å². The first-order valence-electron chi connectivity index (χ1n) is 8.89. The third-order valence-corrected chi connectivity index (χ3v) is 6.24. The lowest BCUT2D eigenvalue weighted by molar-refractivity contribution is 0.511. The molecule has 0 aliphatic rings. The second-order valence-electron chi connectivity index (χ2n) is 7.10. The van der Waals surface area contributed by atoms with Gasteiger partial charge in [0.1, 0.15) is 0 Å². The van der Waals surface area contributed by atoms with Gasteiger partial charge in [0.2, 0.25) is 0 Å². The number of rotatable bonds is 7. The number of hydrogen-bond donors (Lipinski definition) is 2.